The second-order valence-corrected chi connectivity index (χ2v) is 9.70. The minimum Gasteiger partial charge on any atom is -0.511 e. The number of aliphatic hydroxyl groups excluding tert-OH is 1. The molecule has 0 heterocycles. The van der Waals surface area contributed by atoms with Gasteiger partial charge in [0, 0.05) is 22.4 Å². The van der Waals surface area contributed by atoms with Gasteiger partial charge in [0.25, 0.3) is 0 Å². The fourth-order valence-corrected chi connectivity index (χ4v) is 4.14. The van der Waals surface area contributed by atoms with Crippen LogP contribution < -0.4 is 10.4 Å². The van der Waals surface area contributed by atoms with Gasteiger partial charge in [0.15, 0.2) is 0 Å². The molecule has 3 aromatic carbocycles. The van der Waals surface area contributed by atoms with Gasteiger partial charge in [-0.1, -0.05) is 48.2 Å². The average Bonchev–Trinajstić information content (AvgIpc) is 2.94. The summed E-state index contributed by atoms with van der Waals surface area (Å²) in [4.78, 5) is 25.3. The van der Waals surface area contributed by atoms with Crippen molar-refractivity contribution in [3.05, 3.63) is 105 Å². The highest BCUT2D eigenvalue weighted by molar-refractivity contribution is 5.90. The Morgan fingerprint density at radius 3 is 2.20 bits per heavy atom. The molecule has 0 radical (unpaired) electrons. The molecule has 5 nitrogen and oxygen atoms in total. The van der Waals surface area contributed by atoms with Gasteiger partial charge in [-0.2, -0.15) is 13.2 Å². The number of hydrogen-bond acceptors (Lipinski definition) is 5. The van der Waals surface area contributed by atoms with Crippen LogP contribution in [0.4, 0.5) is 13.2 Å². The summed E-state index contributed by atoms with van der Waals surface area (Å²) in [6.45, 7) is 3.69. The number of carbonyl (C=O) groups is 2. The zero-order valence-electron chi connectivity index (χ0n) is 23.4. The summed E-state index contributed by atoms with van der Waals surface area (Å²) in [5.41, 5.74) is 1.23. The van der Waals surface area contributed by atoms with E-state index in [1.54, 1.807) is 31.2 Å². The third-order valence-electron chi connectivity index (χ3n) is 6.58. The molecule has 1 N–H and O–H groups in total. The first-order valence-corrected chi connectivity index (χ1v) is 13.1. The van der Waals surface area contributed by atoms with Crippen LogP contribution in [0.2, 0.25) is 0 Å². The van der Waals surface area contributed by atoms with Gasteiger partial charge in [0.2, 0.25) is 0 Å². The summed E-state index contributed by atoms with van der Waals surface area (Å²) in [5.74, 6) is 4.75. The summed E-state index contributed by atoms with van der Waals surface area (Å²) < 4.78 is 45.2. The Balaban J connectivity index is 2.09. The molecule has 41 heavy (non-hydrogen) atoms. The Labute approximate surface area is 237 Å². The van der Waals surface area contributed by atoms with E-state index in [2.05, 4.69) is 23.7 Å². The van der Waals surface area contributed by atoms with E-state index in [1.165, 1.54) is 6.07 Å². The summed E-state index contributed by atoms with van der Waals surface area (Å²) >= 11 is 0. The van der Waals surface area contributed by atoms with Gasteiger partial charge in [-0.05, 0) is 81.1 Å². The van der Waals surface area contributed by atoms with Gasteiger partial charge < -0.3 is 19.5 Å². The van der Waals surface area contributed by atoms with E-state index in [0.717, 1.165) is 28.5 Å². The van der Waals surface area contributed by atoms with Crippen LogP contribution in [0.5, 0.6) is 0 Å². The van der Waals surface area contributed by atoms with Gasteiger partial charge in [0.1, 0.15) is 12.0 Å². The number of hydrogen-bond donors (Lipinski definition) is 1. The van der Waals surface area contributed by atoms with Crippen LogP contribution in [0.15, 0.2) is 66.7 Å². The number of alkyl halides is 3. The minimum atomic E-state index is -4.65. The monoisotopic (exact) mass is 563 g/mol. The molecule has 0 spiro atoms. The first-order chi connectivity index (χ1) is 19.4. The Hall–Kier alpha value is -4.35. The molecule has 0 amide bonds. The summed E-state index contributed by atoms with van der Waals surface area (Å²) in [6.07, 6.45) is -3.45. The molecule has 0 bridgehead atoms. The average molecular weight is 564 g/mol. The normalized spacial score (nSPS) is 13.6. The van der Waals surface area contributed by atoms with Crippen molar-refractivity contribution in [3.63, 3.8) is 0 Å². The van der Waals surface area contributed by atoms with Crippen molar-refractivity contribution in [1.82, 2.24) is 4.90 Å². The lowest BCUT2D eigenvalue weighted by Crippen LogP contribution is -2.32. The van der Waals surface area contributed by atoms with E-state index in [-0.39, 0.29) is 36.0 Å². The van der Waals surface area contributed by atoms with Crippen molar-refractivity contribution in [2.24, 2.45) is 0 Å². The molecule has 0 aromatic heterocycles. The number of aldehydes is 1. The molecule has 1 unspecified atom stereocenters. The highest BCUT2D eigenvalue weighted by Gasteiger charge is 2.32. The van der Waals surface area contributed by atoms with E-state index >= 15 is 0 Å². The van der Waals surface area contributed by atoms with E-state index in [1.807, 2.05) is 38.4 Å². The molecule has 0 fully saturated rings. The number of aliphatic hydroxyl groups is 1. The smallest absolute Gasteiger partial charge is 0.416 e. The van der Waals surface area contributed by atoms with Crippen LogP contribution in [0.1, 0.15) is 59.3 Å². The molecule has 0 aliphatic heterocycles. The predicted octanol–water partition coefficient (Wildman–Crippen LogP) is 5.08. The maximum atomic E-state index is 13.4. The Bertz CT molecular complexity index is 1580. The number of ether oxygens (including phenoxy) is 1. The second kappa shape index (κ2) is 13.8. The lowest BCUT2D eigenvalue weighted by molar-refractivity contribution is -0.137. The van der Waals surface area contributed by atoms with Crippen LogP contribution in [0.3, 0.4) is 0 Å². The quantitative estimate of drug-likeness (QED) is 0.235. The summed E-state index contributed by atoms with van der Waals surface area (Å²) in [6, 6.07) is 17.7. The zero-order valence-corrected chi connectivity index (χ0v) is 23.4. The van der Waals surface area contributed by atoms with Crippen LogP contribution in [-0.2, 0) is 15.7 Å². The molecule has 0 saturated carbocycles. The third-order valence-corrected chi connectivity index (χ3v) is 6.58. The standard InChI is InChI=1S/C33H32F3NO4/c1-5-41-32(40)26-19-24(20-27(21-26)33(34,35)36)11-10-23-12-14-25(15-13-23)30(18-22(2)37(3)4)28-8-6-7-9-29(28)31(39)16-17-38/h6-9,12-15,17,19-22,39H,5,16,18H2,1-4H3/b30-28+,31-29+. The largest absolute Gasteiger partial charge is 0.511 e. The van der Waals surface area contributed by atoms with E-state index in [4.69, 9.17) is 4.74 Å². The van der Waals surface area contributed by atoms with Crippen LogP contribution in [0.25, 0.3) is 11.3 Å². The maximum absolute atomic E-state index is 13.4. The third kappa shape index (κ3) is 8.32. The second-order valence-electron chi connectivity index (χ2n) is 9.70. The molecule has 0 saturated heterocycles. The van der Waals surface area contributed by atoms with Gasteiger partial charge in [-0.25, -0.2) is 4.79 Å². The fourth-order valence-electron chi connectivity index (χ4n) is 4.14. The lowest BCUT2D eigenvalue weighted by atomic mass is 9.94. The molecule has 1 atom stereocenters. The molecule has 3 rings (SSSR count). The number of benzene rings is 3. The molecule has 214 valence electrons. The van der Waals surface area contributed by atoms with Crippen molar-refractivity contribution in [2.45, 2.75) is 38.9 Å². The highest BCUT2D eigenvalue weighted by atomic mass is 19.4. The molecule has 0 aliphatic carbocycles. The number of rotatable bonds is 8. The lowest BCUT2D eigenvalue weighted by Gasteiger charge is -2.22. The van der Waals surface area contributed by atoms with E-state index in [9.17, 15) is 27.9 Å². The maximum Gasteiger partial charge on any atom is 0.416 e. The Kier molecular flexibility index (Phi) is 10.5. The topological polar surface area (TPSA) is 66.8 Å². The van der Waals surface area contributed by atoms with Crippen molar-refractivity contribution < 1.29 is 32.6 Å². The van der Waals surface area contributed by atoms with Crippen LogP contribution in [0, 0.1) is 11.8 Å². The van der Waals surface area contributed by atoms with E-state index < -0.39 is 17.7 Å². The minimum absolute atomic E-state index is 0.0173. The molecule has 0 aliphatic rings. The summed E-state index contributed by atoms with van der Waals surface area (Å²) in [7, 11) is 3.95. The molecular formula is C33H32F3NO4. The summed E-state index contributed by atoms with van der Waals surface area (Å²) in [5, 5.41) is 11.9. The van der Waals surface area contributed by atoms with Crippen LogP contribution >= 0.6 is 0 Å². The van der Waals surface area contributed by atoms with Gasteiger partial charge >= 0.3 is 12.1 Å². The fraction of sp³-hybridized carbons (Fsp3) is 0.273. The zero-order chi connectivity index (χ0) is 30.2. The van der Waals surface area contributed by atoms with Crippen LogP contribution in [-0.4, -0.2) is 49.0 Å². The predicted molar refractivity (Wildman–Crippen MR) is 153 cm³/mol. The number of halogens is 3. The number of esters is 1. The van der Waals surface area contributed by atoms with Gasteiger partial charge in [0.05, 0.1) is 24.2 Å². The first-order valence-electron chi connectivity index (χ1n) is 13.1. The van der Waals surface area contributed by atoms with Gasteiger partial charge in [-0.15, -0.1) is 0 Å². The molecule has 8 heteroatoms. The molecular weight excluding hydrogens is 531 g/mol. The van der Waals surface area contributed by atoms with Gasteiger partial charge in [-0.3, -0.25) is 0 Å². The molecule has 3 aromatic rings. The SMILES string of the molecule is CCOC(=O)c1cc(C#Cc2ccc(/C(CC(C)N(C)C)=c3\cccc\c3=C(/O)CC=O)cc2)cc(C(F)(F)F)c1. The van der Waals surface area contributed by atoms with Crippen molar-refractivity contribution in [1.29, 1.82) is 0 Å². The Morgan fingerprint density at radius 2 is 1.61 bits per heavy atom. The Morgan fingerprint density at radius 1 is 0.976 bits per heavy atom. The first kappa shape index (κ1) is 31.2. The number of carbonyl (C=O) groups excluding carboxylic acids is 2. The number of nitrogens with zero attached hydrogens (tertiary/aromatic N) is 1. The van der Waals surface area contributed by atoms with Crippen molar-refractivity contribution in [3.8, 4) is 11.8 Å². The highest BCUT2D eigenvalue weighted by Crippen LogP contribution is 2.31. The van der Waals surface area contributed by atoms with Crippen molar-refractivity contribution in [2.75, 3.05) is 20.7 Å². The van der Waals surface area contributed by atoms with E-state index in [0.29, 0.717) is 23.5 Å². The van der Waals surface area contributed by atoms with Crippen molar-refractivity contribution >= 4 is 23.6 Å².